The number of nitrogens with one attached hydrogen (secondary N) is 1. The van der Waals surface area contributed by atoms with Crippen LogP contribution in [0.25, 0.3) is 11.0 Å². The molecule has 0 atom stereocenters. The summed E-state index contributed by atoms with van der Waals surface area (Å²) in [5.74, 6) is 0.679. The fourth-order valence-electron chi connectivity index (χ4n) is 2.03. The third kappa shape index (κ3) is 2.27. The lowest BCUT2D eigenvalue weighted by Crippen LogP contribution is -2.23. The average Bonchev–Trinajstić information content (AvgIpc) is 2.74. The van der Waals surface area contributed by atoms with E-state index < -0.39 is 0 Å². The molecular weight excluding hydrogens is 226 g/mol. The van der Waals surface area contributed by atoms with Crippen molar-refractivity contribution >= 4 is 16.9 Å². The molecule has 1 aromatic carbocycles. The van der Waals surface area contributed by atoms with Gasteiger partial charge in [0.25, 0.3) is 0 Å². The summed E-state index contributed by atoms with van der Waals surface area (Å²) in [6.45, 7) is 8.06. The summed E-state index contributed by atoms with van der Waals surface area (Å²) in [5, 5.41) is 2.76. The molecule has 0 aliphatic rings. The van der Waals surface area contributed by atoms with Crippen molar-refractivity contribution in [3.8, 4) is 0 Å². The minimum absolute atomic E-state index is 0.183. The summed E-state index contributed by atoms with van der Waals surface area (Å²) >= 11 is 0. The van der Waals surface area contributed by atoms with E-state index in [0.29, 0.717) is 12.6 Å². The van der Waals surface area contributed by atoms with E-state index in [-0.39, 0.29) is 5.91 Å². The van der Waals surface area contributed by atoms with Crippen molar-refractivity contribution < 1.29 is 4.79 Å². The summed E-state index contributed by atoms with van der Waals surface area (Å²) in [6.07, 6.45) is 1.27. The van der Waals surface area contributed by atoms with Crippen LogP contribution in [0.15, 0.2) is 36.9 Å². The lowest BCUT2D eigenvalue weighted by atomic mass is 10.3. The highest BCUT2D eigenvalue weighted by atomic mass is 16.1. The maximum atomic E-state index is 11.2. The molecule has 1 heterocycles. The van der Waals surface area contributed by atoms with Crippen molar-refractivity contribution in [1.29, 1.82) is 0 Å². The third-order valence-electron chi connectivity index (χ3n) is 2.79. The number of hydrogen-bond acceptors (Lipinski definition) is 2. The zero-order valence-electron chi connectivity index (χ0n) is 10.7. The molecule has 0 fully saturated rings. The number of imidazole rings is 1. The van der Waals surface area contributed by atoms with Gasteiger partial charge in [-0.3, -0.25) is 4.79 Å². The molecule has 2 aromatic rings. The van der Waals surface area contributed by atoms with Gasteiger partial charge in [0.1, 0.15) is 5.82 Å². The molecule has 0 unspecified atom stereocenters. The summed E-state index contributed by atoms with van der Waals surface area (Å²) in [7, 11) is 0. The van der Waals surface area contributed by atoms with Crippen molar-refractivity contribution in [1.82, 2.24) is 14.9 Å². The van der Waals surface area contributed by atoms with Crippen molar-refractivity contribution in [2.45, 2.75) is 26.4 Å². The molecule has 0 radical (unpaired) electrons. The predicted octanol–water partition coefficient (Wildman–Crippen LogP) is 2.42. The monoisotopic (exact) mass is 243 g/mol. The maximum absolute atomic E-state index is 11.2. The van der Waals surface area contributed by atoms with E-state index in [4.69, 9.17) is 0 Å². The summed E-state index contributed by atoms with van der Waals surface area (Å²) < 4.78 is 2.14. The van der Waals surface area contributed by atoms with Crippen molar-refractivity contribution in [3.05, 3.63) is 42.7 Å². The highest BCUT2D eigenvalue weighted by Crippen LogP contribution is 2.20. The van der Waals surface area contributed by atoms with Gasteiger partial charge in [0, 0.05) is 6.04 Å². The number of para-hydroxylation sites is 2. The molecular formula is C14H17N3O. The largest absolute Gasteiger partial charge is 0.345 e. The normalized spacial score (nSPS) is 10.8. The molecule has 0 aliphatic carbocycles. The quantitative estimate of drug-likeness (QED) is 0.838. The maximum Gasteiger partial charge on any atom is 0.243 e. The molecule has 0 saturated carbocycles. The SMILES string of the molecule is C=CC(=O)NCc1nc2ccccc2n1C(C)C. The van der Waals surface area contributed by atoms with Gasteiger partial charge < -0.3 is 9.88 Å². The number of nitrogens with zero attached hydrogens (tertiary/aromatic N) is 2. The number of hydrogen-bond donors (Lipinski definition) is 1. The minimum atomic E-state index is -0.183. The second-order valence-electron chi connectivity index (χ2n) is 4.40. The van der Waals surface area contributed by atoms with Gasteiger partial charge in [-0.15, -0.1) is 0 Å². The fraction of sp³-hybridized carbons (Fsp3) is 0.286. The van der Waals surface area contributed by atoms with E-state index in [2.05, 4.69) is 35.3 Å². The van der Waals surface area contributed by atoms with Gasteiger partial charge in [-0.25, -0.2) is 4.98 Å². The number of amides is 1. The zero-order chi connectivity index (χ0) is 13.1. The van der Waals surface area contributed by atoms with Crippen molar-refractivity contribution in [3.63, 3.8) is 0 Å². The molecule has 0 bridgehead atoms. The second kappa shape index (κ2) is 5.04. The minimum Gasteiger partial charge on any atom is -0.345 e. The van der Waals surface area contributed by atoms with Crippen LogP contribution in [-0.4, -0.2) is 15.5 Å². The van der Waals surface area contributed by atoms with Gasteiger partial charge in [0.2, 0.25) is 5.91 Å². The Balaban J connectivity index is 2.39. The Morgan fingerprint density at radius 2 is 2.22 bits per heavy atom. The summed E-state index contributed by atoms with van der Waals surface area (Å²) in [5.41, 5.74) is 2.05. The first-order valence-corrected chi connectivity index (χ1v) is 5.99. The first-order chi connectivity index (χ1) is 8.63. The Morgan fingerprint density at radius 3 is 2.89 bits per heavy atom. The van der Waals surface area contributed by atoms with Crippen LogP contribution < -0.4 is 5.32 Å². The Bertz CT molecular complexity index is 584. The molecule has 1 aromatic heterocycles. The van der Waals surface area contributed by atoms with E-state index in [0.717, 1.165) is 16.9 Å². The molecule has 4 nitrogen and oxygen atoms in total. The van der Waals surface area contributed by atoms with Crippen LogP contribution in [-0.2, 0) is 11.3 Å². The van der Waals surface area contributed by atoms with Crippen LogP contribution in [0.1, 0.15) is 25.7 Å². The van der Waals surface area contributed by atoms with Gasteiger partial charge in [-0.05, 0) is 32.1 Å². The van der Waals surface area contributed by atoms with E-state index in [9.17, 15) is 4.79 Å². The lowest BCUT2D eigenvalue weighted by Gasteiger charge is -2.13. The van der Waals surface area contributed by atoms with Gasteiger partial charge in [0.15, 0.2) is 0 Å². The van der Waals surface area contributed by atoms with E-state index in [1.807, 2.05) is 24.3 Å². The summed E-state index contributed by atoms with van der Waals surface area (Å²) in [6, 6.07) is 8.28. The van der Waals surface area contributed by atoms with Crippen molar-refractivity contribution in [2.24, 2.45) is 0 Å². The standard InChI is InChI=1S/C14H17N3O/c1-4-14(18)15-9-13-16-11-7-5-6-8-12(11)17(13)10(2)3/h4-8,10H,1,9H2,2-3H3,(H,15,18). The molecule has 0 spiro atoms. The van der Waals surface area contributed by atoms with Crippen LogP contribution in [0.2, 0.25) is 0 Å². The molecule has 0 aliphatic heterocycles. The zero-order valence-corrected chi connectivity index (χ0v) is 10.7. The van der Waals surface area contributed by atoms with Crippen LogP contribution in [0.4, 0.5) is 0 Å². The van der Waals surface area contributed by atoms with Crippen LogP contribution in [0, 0.1) is 0 Å². The lowest BCUT2D eigenvalue weighted by molar-refractivity contribution is -0.116. The Hall–Kier alpha value is -2.10. The Kier molecular flexibility index (Phi) is 3.46. The van der Waals surface area contributed by atoms with Crippen LogP contribution in [0.3, 0.4) is 0 Å². The molecule has 0 saturated heterocycles. The average molecular weight is 243 g/mol. The number of carbonyl (C=O) groups is 1. The van der Waals surface area contributed by atoms with Gasteiger partial charge in [0.05, 0.1) is 17.6 Å². The third-order valence-corrected chi connectivity index (χ3v) is 2.79. The van der Waals surface area contributed by atoms with Gasteiger partial charge in [-0.2, -0.15) is 0 Å². The van der Waals surface area contributed by atoms with E-state index >= 15 is 0 Å². The number of benzene rings is 1. The van der Waals surface area contributed by atoms with Gasteiger partial charge >= 0.3 is 0 Å². The fourth-order valence-corrected chi connectivity index (χ4v) is 2.03. The number of carbonyl (C=O) groups excluding carboxylic acids is 1. The number of fused-ring (bicyclic) bond motifs is 1. The Morgan fingerprint density at radius 1 is 1.50 bits per heavy atom. The molecule has 4 heteroatoms. The molecule has 1 amide bonds. The molecule has 1 N–H and O–H groups in total. The van der Waals surface area contributed by atoms with Gasteiger partial charge in [-0.1, -0.05) is 18.7 Å². The first-order valence-electron chi connectivity index (χ1n) is 5.99. The summed E-state index contributed by atoms with van der Waals surface area (Å²) in [4.78, 5) is 15.8. The van der Waals surface area contributed by atoms with Crippen LogP contribution in [0.5, 0.6) is 0 Å². The second-order valence-corrected chi connectivity index (χ2v) is 4.40. The van der Waals surface area contributed by atoms with E-state index in [1.54, 1.807) is 0 Å². The highest BCUT2D eigenvalue weighted by molar-refractivity contribution is 5.86. The van der Waals surface area contributed by atoms with E-state index in [1.165, 1.54) is 6.08 Å². The highest BCUT2D eigenvalue weighted by Gasteiger charge is 2.12. The topological polar surface area (TPSA) is 46.9 Å². The Labute approximate surface area is 106 Å². The number of aromatic nitrogens is 2. The molecule has 2 rings (SSSR count). The van der Waals surface area contributed by atoms with Crippen LogP contribution >= 0.6 is 0 Å². The predicted molar refractivity (Wildman–Crippen MR) is 72.2 cm³/mol. The smallest absolute Gasteiger partial charge is 0.243 e. The molecule has 94 valence electrons. The first kappa shape index (κ1) is 12.4. The molecule has 18 heavy (non-hydrogen) atoms. The number of rotatable bonds is 4. The van der Waals surface area contributed by atoms with Crippen molar-refractivity contribution in [2.75, 3.05) is 0 Å².